The highest BCUT2D eigenvalue weighted by Crippen LogP contribution is 2.36. The second-order valence-corrected chi connectivity index (χ2v) is 9.11. The third-order valence-corrected chi connectivity index (χ3v) is 6.78. The molecule has 0 amide bonds. The van der Waals surface area contributed by atoms with Gasteiger partial charge in [-0.15, -0.1) is 11.8 Å². The number of aryl methyl sites for hydroxylation is 2. The fourth-order valence-corrected chi connectivity index (χ4v) is 4.62. The Morgan fingerprint density at radius 3 is 2.35 bits per heavy atom. The van der Waals surface area contributed by atoms with Crippen LogP contribution >= 0.6 is 11.8 Å². The smallest absolute Gasteiger partial charge is 0.132 e. The summed E-state index contributed by atoms with van der Waals surface area (Å²) in [4.78, 5) is 0. The Labute approximate surface area is 188 Å². The maximum atomic E-state index is 10.5. The number of unbranched alkanes of at least 4 members (excludes halogenated alkanes) is 2. The molecule has 1 heterocycles. The standard InChI is InChI=1S/C25H31NO4S/c1-16-7-12-19(24-22(28)21(27)23(29)25(30-24)31-2)15-20(16)14-18-10-8-17(9-11-18)6-4-3-5-13-26/h7-12,15,21-25,27-29H,3-6,14H2,1-2H3/t21-,22-,23+,24+,25-/m1/s1. The minimum Gasteiger partial charge on any atom is -0.387 e. The van der Waals surface area contributed by atoms with E-state index in [0.29, 0.717) is 6.42 Å². The summed E-state index contributed by atoms with van der Waals surface area (Å²) < 4.78 is 5.92. The number of aliphatic hydroxyl groups is 3. The van der Waals surface area contributed by atoms with Crippen molar-refractivity contribution in [1.82, 2.24) is 0 Å². The lowest BCUT2D eigenvalue weighted by Crippen LogP contribution is -2.52. The summed E-state index contributed by atoms with van der Waals surface area (Å²) in [6, 6.07) is 16.7. The van der Waals surface area contributed by atoms with Crippen LogP contribution in [0.4, 0.5) is 0 Å². The summed E-state index contributed by atoms with van der Waals surface area (Å²) >= 11 is 1.32. The third-order valence-electron chi connectivity index (χ3n) is 5.93. The molecular weight excluding hydrogens is 410 g/mol. The lowest BCUT2D eigenvalue weighted by molar-refractivity contribution is -0.200. The van der Waals surface area contributed by atoms with Gasteiger partial charge in [-0.1, -0.05) is 42.5 Å². The Hall–Kier alpha value is -1.88. The van der Waals surface area contributed by atoms with Gasteiger partial charge < -0.3 is 20.1 Å². The fourth-order valence-electron chi connectivity index (χ4n) is 3.95. The van der Waals surface area contributed by atoms with Gasteiger partial charge in [0.05, 0.1) is 6.07 Å². The molecule has 1 fully saturated rings. The van der Waals surface area contributed by atoms with Gasteiger partial charge in [-0.2, -0.15) is 5.26 Å². The fraction of sp³-hybridized carbons (Fsp3) is 0.480. The quantitative estimate of drug-likeness (QED) is 0.541. The molecule has 5 nitrogen and oxygen atoms in total. The molecule has 0 unspecified atom stereocenters. The zero-order valence-electron chi connectivity index (χ0n) is 18.1. The maximum Gasteiger partial charge on any atom is 0.132 e. The molecule has 6 heteroatoms. The summed E-state index contributed by atoms with van der Waals surface area (Å²) in [5.41, 5.74) is 4.97. The van der Waals surface area contributed by atoms with E-state index in [0.717, 1.165) is 42.4 Å². The first-order valence-electron chi connectivity index (χ1n) is 10.7. The van der Waals surface area contributed by atoms with E-state index >= 15 is 0 Å². The number of thioether (sulfide) groups is 1. The number of hydrogen-bond acceptors (Lipinski definition) is 6. The van der Waals surface area contributed by atoms with Gasteiger partial charge in [0.25, 0.3) is 0 Å². The topological polar surface area (TPSA) is 93.7 Å². The van der Waals surface area contributed by atoms with E-state index in [2.05, 4.69) is 37.3 Å². The Morgan fingerprint density at radius 2 is 1.68 bits per heavy atom. The van der Waals surface area contributed by atoms with Gasteiger partial charge in [0.15, 0.2) is 0 Å². The number of nitriles is 1. The van der Waals surface area contributed by atoms with E-state index < -0.39 is 29.9 Å². The van der Waals surface area contributed by atoms with Crippen molar-refractivity contribution in [2.24, 2.45) is 0 Å². The first kappa shape index (κ1) is 23.8. The molecule has 1 aliphatic rings. The number of rotatable bonds is 8. The lowest BCUT2D eigenvalue weighted by atomic mass is 9.91. The summed E-state index contributed by atoms with van der Waals surface area (Å²) in [5, 5.41) is 39.5. The molecule has 5 atom stereocenters. The average molecular weight is 442 g/mol. The van der Waals surface area contributed by atoms with Crippen molar-refractivity contribution in [1.29, 1.82) is 5.26 Å². The molecule has 0 bridgehead atoms. The molecule has 0 aromatic heterocycles. The monoisotopic (exact) mass is 441 g/mol. The van der Waals surface area contributed by atoms with Crippen molar-refractivity contribution in [3.63, 3.8) is 0 Å². The van der Waals surface area contributed by atoms with Crippen LogP contribution < -0.4 is 0 Å². The van der Waals surface area contributed by atoms with Crippen LogP contribution in [0.3, 0.4) is 0 Å². The van der Waals surface area contributed by atoms with Gasteiger partial charge in [0.2, 0.25) is 0 Å². The lowest BCUT2D eigenvalue weighted by Gasteiger charge is -2.40. The first-order chi connectivity index (χ1) is 14.9. The molecule has 31 heavy (non-hydrogen) atoms. The molecule has 2 aromatic carbocycles. The van der Waals surface area contributed by atoms with Crippen LogP contribution in [0.5, 0.6) is 0 Å². The van der Waals surface area contributed by atoms with Gasteiger partial charge >= 0.3 is 0 Å². The highest BCUT2D eigenvalue weighted by atomic mass is 32.2. The van der Waals surface area contributed by atoms with Gasteiger partial charge in [-0.05, 0) is 66.7 Å². The molecule has 166 valence electrons. The predicted octanol–water partition coefficient (Wildman–Crippen LogP) is 3.67. The number of aliphatic hydroxyl groups excluding tert-OH is 3. The second-order valence-electron chi connectivity index (χ2n) is 8.18. The van der Waals surface area contributed by atoms with E-state index in [4.69, 9.17) is 10.00 Å². The highest BCUT2D eigenvalue weighted by molar-refractivity contribution is 7.99. The first-order valence-corrected chi connectivity index (χ1v) is 12.0. The third kappa shape index (κ3) is 5.88. The Morgan fingerprint density at radius 1 is 0.968 bits per heavy atom. The number of nitrogens with zero attached hydrogens (tertiary/aromatic N) is 1. The minimum absolute atomic E-state index is 0.589. The minimum atomic E-state index is -1.25. The van der Waals surface area contributed by atoms with Crippen LogP contribution in [0.2, 0.25) is 0 Å². The number of ether oxygens (including phenoxy) is 1. The van der Waals surface area contributed by atoms with Gasteiger partial charge in [-0.3, -0.25) is 0 Å². The predicted molar refractivity (Wildman–Crippen MR) is 123 cm³/mol. The molecule has 1 saturated heterocycles. The van der Waals surface area contributed by atoms with E-state index in [1.165, 1.54) is 22.9 Å². The normalized spacial score (nSPS) is 25.9. The van der Waals surface area contributed by atoms with Crippen LogP contribution in [0.15, 0.2) is 42.5 Å². The van der Waals surface area contributed by atoms with Gasteiger partial charge in [-0.25, -0.2) is 0 Å². The van der Waals surface area contributed by atoms with Crippen molar-refractivity contribution in [2.45, 2.75) is 68.9 Å². The second kappa shape index (κ2) is 11.1. The zero-order valence-corrected chi connectivity index (χ0v) is 18.9. The molecule has 0 radical (unpaired) electrons. The summed E-state index contributed by atoms with van der Waals surface area (Å²) in [5.74, 6) is 0. The number of hydrogen-bond donors (Lipinski definition) is 3. The Balaban J connectivity index is 1.72. The van der Waals surface area contributed by atoms with Crippen LogP contribution in [0.25, 0.3) is 0 Å². The van der Waals surface area contributed by atoms with E-state index in [9.17, 15) is 15.3 Å². The molecule has 1 aliphatic heterocycles. The molecular formula is C25H31NO4S. The van der Waals surface area contributed by atoms with Crippen LogP contribution in [0, 0.1) is 18.3 Å². The van der Waals surface area contributed by atoms with Gasteiger partial charge in [0.1, 0.15) is 29.9 Å². The van der Waals surface area contributed by atoms with Crippen molar-refractivity contribution < 1.29 is 20.1 Å². The van der Waals surface area contributed by atoms with Crippen LogP contribution in [-0.2, 0) is 17.6 Å². The van der Waals surface area contributed by atoms with Crippen LogP contribution in [0.1, 0.15) is 53.2 Å². The summed E-state index contributed by atoms with van der Waals surface area (Å²) in [6.45, 7) is 2.06. The summed E-state index contributed by atoms with van der Waals surface area (Å²) in [7, 11) is 0. The molecule has 0 aliphatic carbocycles. The zero-order chi connectivity index (χ0) is 22.4. The van der Waals surface area contributed by atoms with E-state index in [-0.39, 0.29) is 0 Å². The molecule has 0 spiro atoms. The van der Waals surface area contributed by atoms with Crippen LogP contribution in [-0.4, -0.2) is 45.3 Å². The largest absolute Gasteiger partial charge is 0.387 e. The summed E-state index contributed by atoms with van der Waals surface area (Å²) in [6.07, 6.45) is 1.88. The Kier molecular flexibility index (Phi) is 8.53. The van der Waals surface area contributed by atoms with E-state index in [1.54, 1.807) is 0 Å². The van der Waals surface area contributed by atoms with Gasteiger partial charge in [0, 0.05) is 6.42 Å². The average Bonchev–Trinajstić information content (AvgIpc) is 2.78. The van der Waals surface area contributed by atoms with Crippen molar-refractivity contribution in [2.75, 3.05) is 6.26 Å². The van der Waals surface area contributed by atoms with E-state index in [1.807, 2.05) is 24.5 Å². The van der Waals surface area contributed by atoms with Crippen molar-refractivity contribution >= 4 is 11.8 Å². The molecule has 3 N–H and O–H groups in total. The molecule has 2 aromatic rings. The Bertz CT molecular complexity index is 893. The highest BCUT2D eigenvalue weighted by Gasteiger charge is 2.44. The molecule has 3 rings (SSSR count). The van der Waals surface area contributed by atoms with Crippen molar-refractivity contribution in [3.05, 3.63) is 70.3 Å². The maximum absolute atomic E-state index is 10.5. The molecule has 0 saturated carbocycles. The van der Waals surface area contributed by atoms with Crippen molar-refractivity contribution in [3.8, 4) is 6.07 Å². The SMILES string of the molecule is CS[C@H]1O[C@@H](c2ccc(C)c(Cc3ccc(CCCCC#N)cc3)c2)[C@H](O)[C@@H](O)[C@@H]1O. The number of benzene rings is 2.